The van der Waals surface area contributed by atoms with E-state index in [0.29, 0.717) is 0 Å². The second kappa shape index (κ2) is 6.75. The fourth-order valence-corrected chi connectivity index (χ4v) is 7.73. The maximum atomic E-state index is 5.10. The van der Waals surface area contributed by atoms with Gasteiger partial charge in [0.15, 0.2) is 0 Å². The largest absolute Gasteiger partial charge is 0.308 e. The van der Waals surface area contributed by atoms with Crippen molar-refractivity contribution in [3.8, 4) is 5.69 Å². The minimum Gasteiger partial charge on any atom is -0.308 e. The van der Waals surface area contributed by atoms with Crippen molar-refractivity contribution >= 4 is 87.5 Å². The normalized spacial score (nSPS) is 12.9. The number of benzene rings is 7. The van der Waals surface area contributed by atoms with Crippen LogP contribution in [0.25, 0.3) is 93.2 Å². The fourth-order valence-electron chi connectivity index (χ4n) is 7.73. The molecule has 4 nitrogen and oxygen atoms in total. The molecule has 0 saturated heterocycles. The second-order valence-corrected chi connectivity index (χ2v) is 11.2. The van der Waals surface area contributed by atoms with Crippen molar-refractivity contribution in [2.24, 2.45) is 0 Å². The van der Waals surface area contributed by atoms with E-state index in [1.54, 1.807) is 0 Å². The predicted molar refractivity (Wildman–Crippen MR) is 170 cm³/mol. The molecule has 0 aliphatic rings. The van der Waals surface area contributed by atoms with Gasteiger partial charge in [-0.3, -0.25) is 8.97 Å². The molecule has 0 amide bonds. The van der Waals surface area contributed by atoms with Crippen molar-refractivity contribution in [1.82, 2.24) is 18.4 Å². The van der Waals surface area contributed by atoms with Crippen LogP contribution in [0.3, 0.4) is 0 Å². The summed E-state index contributed by atoms with van der Waals surface area (Å²) in [5.74, 6) is 0.937. The monoisotopic (exact) mass is 520 g/mol. The lowest BCUT2D eigenvalue weighted by atomic mass is 9.93. The quantitative estimate of drug-likeness (QED) is 0.198. The van der Waals surface area contributed by atoms with Gasteiger partial charge in [0.1, 0.15) is 0 Å². The molecule has 11 aromatic rings. The van der Waals surface area contributed by atoms with Crippen molar-refractivity contribution in [1.29, 1.82) is 0 Å². The van der Waals surface area contributed by atoms with Crippen molar-refractivity contribution in [3.05, 3.63) is 121 Å². The third kappa shape index (κ3) is 2.22. The van der Waals surface area contributed by atoms with E-state index in [2.05, 4.69) is 135 Å². The highest BCUT2D eigenvalue weighted by Gasteiger charge is 2.23. The summed E-state index contributed by atoms with van der Waals surface area (Å²) in [6.07, 6.45) is 0. The number of nitrogens with zero attached hydrogens (tertiary/aromatic N) is 4. The van der Waals surface area contributed by atoms with E-state index < -0.39 is 0 Å². The smallest absolute Gasteiger partial charge is 0.220 e. The molecule has 0 fully saturated rings. The lowest BCUT2D eigenvalue weighted by Crippen LogP contribution is -1.95. The molecule has 188 valence electrons. The SMILES string of the molecule is c1ccc2c(c1)nc1n(-c3ccc4c(c3)c3ccc5c6ccccc6c6cccc7c6c5c3n47)c3ccccc3n21. The third-order valence-corrected chi connectivity index (χ3v) is 9.32. The van der Waals surface area contributed by atoms with Gasteiger partial charge >= 0.3 is 0 Å². The average Bonchev–Trinajstić information content (AvgIpc) is 3.75. The highest BCUT2D eigenvalue weighted by Crippen LogP contribution is 2.47. The Labute approximate surface area is 232 Å². The molecular weight excluding hydrogens is 500 g/mol. The molecule has 7 aromatic carbocycles. The first-order valence-electron chi connectivity index (χ1n) is 14.1. The fraction of sp³-hybridized carbons (Fsp3) is 0. The highest BCUT2D eigenvalue weighted by molar-refractivity contribution is 6.38. The Morgan fingerprint density at radius 1 is 0.415 bits per heavy atom. The van der Waals surface area contributed by atoms with Crippen LogP contribution in [0.2, 0.25) is 0 Å². The molecule has 41 heavy (non-hydrogen) atoms. The number of imidazole rings is 2. The third-order valence-electron chi connectivity index (χ3n) is 9.32. The summed E-state index contributed by atoms with van der Waals surface area (Å²) in [5.41, 5.74) is 9.41. The molecule has 0 radical (unpaired) electrons. The highest BCUT2D eigenvalue weighted by atomic mass is 15.2. The van der Waals surface area contributed by atoms with E-state index in [1.807, 2.05) is 0 Å². The van der Waals surface area contributed by atoms with E-state index in [0.717, 1.165) is 33.5 Å². The molecule has 4 heterocycles. The summed E-state index contributed by atoms with van der Waals surface area (Å²) in [6.45, 7) is 0. The zero-order chi connectivity index (χ0) is 26.4. The number of hydrogen-bond donors (Lipinski definition) is 0. The Morgan fingerprint density at radius 3 is 1.98 bits per heavy atom. The van der Waals surface area contributed by atoms with Crippen LogP contribution in [0.1, 0.15) is 0 Å². The summed E-state index contributed by atoms with van der Waals surface area (Å²) < 4.78 is 7.09. The van der Waals surface area contributed by atoms with Crippen molar-refractivity contribution < 1.29 is 0 Å². The summed E-state index contributed by atoms with van der Waals surface area (Å²) in [4.78, 5) is 5.10. The minimum atomic E-state index is 0.937. The van der Waals surface area contributed by atoms with Gasteiger partial charge in [-0.05, 0) is 70.1 Å². The Balaban J connectivity index is 1.31. The van der Waals surface area contributed by atoms with Gasteiger partial charge in [0, 0.05) is 27.2 Å². The second-order valence-electron chi connectivity index (χ2n) is 11.2. The molecule has 0 bridgehead atoms. The zero-order valence-corrected chi connectivity index (χ0v) is 21.8. The maximum Gasteiger partial charge on any atom is 0.220 e. The van der Waals surface area contributed by atoms with Crippen LogP contribution in [0.4, 0.5) is 0 Å². The molecule has 4 heteroatoms. The Morgan fingerprint density at radius 2 is 1.10 bits per heavy atom. The summed E-state index contributed by atoms with van der Waals surface area (Å²) in [6, 6.07) is 44.2. The van der Waals surface area contributed by atoms with Gasteiger partial charge < -0.3 is 4.40 Å². The molecule has 0 N–H and O–H groups in total. The summed E-state index contributed by atoms with van der Waals surface area (Å²) in [5, 5.41) is 10.6. The molecule has 0 spiro atoms. The van der Waals surface area contributed by atoms with Crippen LogP contribution in [-0.2, 0) is 0 Å². The molecule has 0 aliphatic heterocycles. The number of para-hydroxylation sites is 4. The molecule has 0 aliphatic carbocycles. The molecule has 0 saturated carbocycles. The van der Waals surface area contributed by atoms with Crippen LogP contribution in [0, 0.1) is 0 Å². The topological polar surface area (TPSA) is 26.6 Å². The van der Waals surface area contributed by atoms with E-state index in [1.165, 1.54) is 59.6 Å². The van der Waals surface area contributed by atoms with Gasteiger partial charge in [-0.25, -0.2) is 4.98 Å². The number of aromatic nitrogens is 4. The zero-order valence-electron chi connectivity index (χ0n) is 21.8. The molecule has 11 rings (SSSR count). The first-order chi connectivity index (χ1) is 20.4. The minimum absolute atomic E-state index is 0.937. The Bertz CT molecular complexity index is 2860. The van der Waals surface area contributed by atoms with Gasteiger partial charge in [-0.1, -0.05) is 72.8 Å². The van der Waals surface area contributed by atoms with E-state index in [-0.39, 0.29) is 0 Å². The lowest BCUT2D eigenvalue weighted by molar-refractivity contribution is 1.11. The first kappa shape index (κ1) is 20.3. The van der Waals surface area contributed by atoms with Crippen molar-refractivity contribution in [3.63, 3.8) is 0 Å². The maximum absolute atomic E-state index is 5.10. The van der Waals surface area contributed by atoms with Gasteiger partial charge in [0.05, 0.1) is 38.6 Å². The van der Waals surface area contributed by atoms with Gasteiger partial charge in [-0.15, -0.1) is 0 Å². The summed E-state index contributed by atoms with van der Waals surface area (Å²) in [7, 11) is 0. The van der Waals surface area contributed by atoms with E-state index >= 15 is 0 Å². The Hall–Kier alpha value is -5.61. The van der Waals surface area contributed by atoms with Crippen LogP contribution in [-0.4, -0.2) is 18.4 Å². The molecule has 4 aromatic heterocycles. The lowest BCUT2D eigenvalue weighted by Gasteiger charge is -2.09. The molecular formula is C37H20N4. The van der Waals surface area contributed by atoms with Crippen molar-refractivity contribution in [2.75, 3.05) is 0 Å². The van der Waals surface area contributed by atoms with Crippen LogP contribution in [0.5, 0.6) is 0 Å². The van der Waals surface area contributed by atoms with Crippen LogP contribution in [0.15, 0.2) is 121 Å². The van der Waals surface area contributed by atoms with Gasteiger partial charge in [0.2, 0.25) is 5.78 Å². The number of fused-ring (bicyclic) bond motifs is 12. The average molecular weight is 521 g/mol. The van der Waals surface area contributed by atoms with E-state index in [4.69, 9.17) is 4.98 Å². The van der Waals surface area contributed by atoms with Crippen LogP contribution < -0.4 is 0 Å². The van der Waals surface area contributed by atoms with Gasteiger partial charge in [-0.2, -0.15) is 0 Å². The van der Waals surface area contributed by atoms with Crippen LogP contribution >= 0.6 is 0 Å². The number of hydrogen-bond acceptors (Lipinski definition) is 1. The molecule has 0 atom stereocenters. The van der Waals surface area contributed by atoms with E-state index in [9.17, 15) is 0 Å². The Kier molecular flexibility index (Phi) is 3.34. The summed E-state index contributed by atoms with van der Waals surface area (Å²) >= 11 is 0. The predicted octanol–water partition coefficient (Wildman–Crippen LogP) is 9.33. The standard InChI is InChI=1S/C37H20N4/c1-2-9-23-22(8-1)24-10-7-15-33-34(24)35-25(23)17-18-26-27-20-21(16-19-29(27)40(33)36(26)35)39-31-13-5-6-14-32(31)41-30-12-4-3-11-28(30)38-37(39)41/h1-20H. The number of rotatable bonds is 1. The van der Waals surface area contributed by atoms with Gasteiger partial charge in [0.25, 0.3) is 0 Å². The molecule has 0 unspecified atom stereocenters. The first-order valence-corrected chi connectivity index (χ1v) is 14.1. The van der Waals surface area contributed by atoms with Crippen molar-refractivity contribution in [2.45, 2.75) is 0 Å².